The van der Waals surface area contributed by atoms with E-state index < -0.39 is 12.0 Å². The van der Waals surface area contributed by atoms with Gasteiger partial charge in [-0.05, 0) is 19.8 Å². The summed E-state index contributed by atoms with van der Waals surface area (Å²) in [6.45, 7) is 1.97. The first kappa shape index (κ1) is 11.0. The van der Waals surface area contributed by atoms with Crippen molar-refractivity contribution < 1.29 is 14.7 Å². The van der Waals surface area contributed by atoms with Gasteiger partial charge in [0.05, 0.1) is 0 Å². The molecule has 1 aliphatic rings. The average Bonchev–Trinajstić information content (AvgIpc) is 2.87. The van der Waals surface area contributed by atoms with Crippen molar-refractivity contribution in [3.8, 4) is 0 Å². The number of aliphatic carboxylic acids is 1. The fraction of sp³-hybridized carbons (Fsp3) is 0.778. The number of hydrogen-bond acceptors (Lipinski definition) is 3. The van der Waals surface area contributed by atoms with E-state index in [0.29, 0.717) is 19.0 Å². The number of carbonyl (C=O) groups is 2. The number of rotatable bonds is 6. The van der Waals surface area contributed by atoms with Crippen molar-refractivity contribution in [3.05, 3.63) is 0 Å². The van der Waals surface area contributed by atoms with Crippen LogP contribution in [-0.2, 0) is 9.59 Å². The van der Waals surface area contributed by atoms with E-state index in [2.05, 4.69) is 10.6 Å². The molecule has 0 aromatic heterocycles. The zero-order valence-corrected chi connectivity index (χ0v) is 8.25. The highest BCUT2D eigenvalue weighted by Gasteiger charge is 2.22. The number of carboxylic acids is 1. The van der Waals surface area contributed by atoms with Crippen LogP contribution in [0.2, 0.25) is 0 Å². The molecule has 5 heteroatoms. The Morgan fingerprint density at radius 2 is 2.14 bits per heavy atom. The molecule has 3 N–H and O–H groups in total. The van der Waals surface area contributed by atoms with Crippen LogP contribution < -0.4 is 10.6 Å². The van der Waals surface area contributed by atoms with Gasteiger partial charge in [0.25, 0.3) is 0 Å². The molecule has 0 spiro atoms. The monoisotopic (exact) mass is 200 g/mol. The van der Waals surface area contributed by atoms with Gasteiger partial charge in [-0.15, -0.1) is 0 Å². The van der Waals surface area contributed by atoms with E-state index in [1.54, 1.807) is 6.92 Å². The lowest BCUT2D eigenvalue weighted by Crippen LogP contribution is -2.37. The Kier molecular flexibility index (Phi) is 3.88. The van der Waals surface area contributed by atoms with Crippen molar-refractivity contribution in [2.24, 2.45) is 0 Å². The number of hydrogen-bond donors (Lipinski definition) is 3. The van der Waals surface area contributed by atoms with Crippen molar-refractivity contribution in [1.82, 2.24) is 10.6 Å². The van der Waals surface area contributed by atoms with Crippen LogP contribution >= 0.6 is 0 Å². The molecule has 1 atom stereocenters. The highest BCUT2D eigenvalue weighted by molar-refractivity contribution is 5.77. The molecule has 1 amide bonds. The van der Waals surface area contributed by atoms with Gasteiger partial charge in [0.15, 0.2) is 0 Å². The predicted molar refractivity (Wildman–Crippen MR) is 50.9 cm³/mol. The Balaban J connectivity index is 2.01. The van der Waals surface area contributed by atoms with Gasteiger partial charge in [0.1, 0.15) is 6.04 Å². The highest BCUT2D eigenvalue weighted by Crippen LogP contribution is 2.18. The van der Waals surface area contributed by atoms with Crippen LogP contribution in [0.4, 0.5) is 0 Å². The lowest BCUT2D eigenvalue weighted by molar-refractivity contribution is -0.139. The maximum absolute atomic E-state index is 11.1. The number of carboxylic acid groups (broad SMARTS) is 1. The van der Waals surface area contributed by atoms with Gasteiger partial charge in [0, 0.05) is 19.0 Å². The second kappa shape index (κ2) is 4.95. The summed E-state index contributed by atoms with van der Waals surface area (Å²) in [5, 5.41) is 14.1. The summed E-state index contributed by atoms with van der Waals surface area (Å²) in [5.74, 6) is -0.898. The third kappa shape index (κ3) is 4.23. The molecule has 0 aliphatic heterocycles. The summed E-state index contributed by atoms with van der Waals surface area (Å²) in [4.78, 5) is 21.5. The lowest BCUT2D eigenvalue weighted by atomic mass is 10.3. The second-order valence-corrected chi connectivity index (χ2v) is 3.61. The fourth-order valence-electron chi connectivity index (χ4n) is 1.02. The molecule has 0 bridgehead atoms. The van der Waals surface area contributed by atoms with Crippen molar-refractivity contribution in [1.29, 1.82) is 0 Å². The third-order valence-corrected chi connectivity index (χ3v) is 2.12. The molecule has 80 valence electrons. The Hall–Kier alpha value is -1.10. The van der Waals surface area contributed by atoms with Crippen molar-refractivity contribution >= 4 is 11.9 Å². The van der Waals surface area contributed by atoms with Crippen LogP contribution in [0.3, 0.4) is 0 Å². The van der Waals surface area contributed by atoms with Gasteiger partial charge in [0.2, 0.25) is 5.91 Å². The van der Waals surface area contributed by atoms with E-state index in [0.717, 1.165) is 12.8 Å². The maximum atomic E-state index is 11.1. The zero-order chi connectivity index (χ0) is 10.6. The lowest BCUT2D eigenvalue weighted by Gasteiger charge is -2.08. The summed E-state index contributed by atoms with van der Waals surface area (Å²) in [5.41, 5.74) is 0. The Bertz CT molecular complexity index is 226. The van der Waals surface area contributed by atoms with Gasteiger partial charge in [-0.1, -0.05) is 0 Å². The maximum Gasteiger partial charge on any atom is 0.320 e. The molecule has 1 aliphatic carbocycles. The van der Waals surface area contributed by atoms with E-state index in [4.69, 9.17) is 5.11 Å². The molecule has 1 saturated carbocycles. The molecular weight excluding hydrogens is 184 g/mol. The first-order valence-corrected chi connectivity index (χ1v) is 4.85. The Labute approximate surface area is 82.9 Å². The summed E-state index contributed by atoms with van der Waals surface area (Å²) >= 11 is 0. The molecule has 0 heterocycles. The molecule has 0 aromatic rings. The molecule has 0 aromatic carbocycles. The third-order valence-electron chi connectivity index (χ3n) is 2.12. The number of carbonyl (C=O) groups excluding carboxylic acids is 1. The van der Waals surface area contributed by atoms with Crippen LogP contribution in [-0.4, -0.2) is 35.6 Å². The number of amides is 1. The molecule has 5 nitrogen and oxygen atoms in total. The summed E-state index contributed by atoms with van der Waals surface area (Å²) in [6, 6.07) is -0.219. The smallest absolute Gasteiger partial charge is 0.320 e. The summed E-state index contributed by atoms with van der Waals surface area (Å²) in [6.07, 6.45) is 2.49. The SMILES string of the molecule is C[C@H](NCCC(=O)NC1CC1)C(=O)O. The van der Waals surface area contributed by atoms with Crippen LogP contribution in [0.15, 0.2) is 0 Å². The highest BCUT2D eigenvalue weighted by atomic mass is 16.4. The zero-order valence-electron chi connectivity index (χ0n) is 8.25. The van der Waals surface area contributed by atoms with Crippen LogP contribution in [0.25, 0.3) is 0 Å². The first-order valence-electron chi connectivity index (χ1n) is 4.85. The van der Waals surface area contributed by atoms with Crippen molar-refractivity contribution in [2.75, 3.05) is 6.54 Å². The van der Waals surface area contributed by atoms with Crippen molar-refractivity contribution in [2.45, 2.75) is 38.3 Å². The van der Waals surface area contributed by atoms with Crippen LogP contribution in [0.5, 0.6) is 0 Å². The van der Waals surface area contributed by atoms with E-state index >= 15 is 0 Å². The molecule has 0 saturated heterocycles. The van der Waals surface area contributed by atoms with Gasteiger partial charge < -0.3 is 15.7 Å². The topological polar surface area (TPSA) is 78.4 Å². The van der Waals surface area contributed by atoms with Gasteiger partial charge in [-0.2, -0.15) is 0 Å². The van der Waals surface area contributed by atoms with E-state index in [-0.39, 0.29) is 5.91 Å². The predicted octanol–water partition coefficient (Wildman–Crippen LogP) is -0.282. The van der Waals surface area contributed by atoms with E-state index in [9.17, 15) is 9.59 Å². The van der Waals surface area contributed by atoms with Crippen LogP contribution in [0.1, 0.15) is 26.2 Å². The molecule has 1 rings (SSSR count). The summed E-state index contributed by atoms with van der Waals surface area (Å²) < 4.78 is 0. The molecule has 14 heavy (non-hydrogen) atoms. The minimum absolute atomic E-state index is 0.00223. The van der Waals surface area contributed by atoms with E-state index in [1.807, 2.05) is 0 Å². The largest absolute Gasteiger partial charge is 0.480 e. The Morgan fingerprint density at radius 3 is 2.64 bits per heavy atom. The molecule has 0 radical (unpaired) electrons. The van der Waals surface area contributed by atoms with E-state index in [1.165, 1.54) is 0 Å². The number of nitrogens with one attached hydrogen (secondary N) is 2. The van der Waals surface area contributed by atoms with Gasteiger partial charge >= 0.3 is 5.97 Å². The van der Waals surface area contributed by atoms with Crippen LogP contribution in [0, 0.1) is 0 Å². The van der Waals surface area contributed by atoms with Gasteiger partial charge in [-0.25, -0.2) is 0 Å². The minimum Gasteiger partial charge on any atom is -0.480 e. The standard InChI is InChI=1S/C9H16N2O3/c1-6(9(13)14)10-5-4-8(12)11-7-2-3-7/h6-7,10H,2-5H2,1H3,(H,11,12)(H,13,14)/t6-/m0/s1. The van der Waals surface area contributed by atoms with Crippen molar-refractivity contribution in [3.63, 3.8) is 0 Å². The normalized spacial score (nSPS) is 17.5. The quantitative estimate of drug-likeness (QED) is 0.551. The van der Waals surface area contributed by atoms with Gasteiger partial charge in [-0.3, -0.25) is 9.59 Å². The fourth-order valence-corrected chi connectivity index (χ4v) is 1.02. The average molecular weight is 200 g/mol. The minimum atomic E-state index is -0.896. The molecule has 0 unspecified atom stereocenters. The summed E-state index contributed by atoms with van der Waals surface area (Å²) in [7, 11) is 0. The second-order valence-electron chi connectivity index (χ2n) is 3.61. The Morgan fingerprint density at radius 1 is 1.50 bits per heavy atom. The first-order chi connectivity index (χ1) is 6.59. The molecular formula is C9H16N2O3. The molecule has 1 fully saturated rings.